The van der Waals surface area contributed by atoms with Gasteiger partial charge in [-0.1, -0.05) is 51.1 Å². The van der Waals surface area contributed by atoms with E-state index in [0.29, 0.717) is 18.0 Å². The molecule has 0 aromatic heterocycles. The highest BCUT2D eigenvalue weighted by molar-refractivity contribution is 8.00. The lowest BCUT2D eigenvalue weighted by atomic mass is 10.3. The van der Waals surface area contributed by atoms with Crippen molar-refractivity contribution < 1.29 is 9.53 Å². The minimum Gasteiger partial charge on any atom is -0.455 e. The number of hydrogen-bond acceptors (Lipinski definition) is 3. The Hall–Kier alpha value is -2.14. The van der Waals surface area contributed by atoms with Gasteiger partial charge in [0.1, 0.15) is 5.75 Å². The highest BCUT2D eigenvalue weighted by atomic mass is 32.2. The zero-order chi connectivity index (χ0) is 17.4. The van der Waals surface area contributed by atoms with Crippen LogP contribution in [0.2, 0.25) is 0 Å². The summed E-state index contributed by atoms with van der Waals surface area (Å²) in [6.07, 6.45) is 0. The zero-order valence-corrected chi connectivity index (χ0v) is 15.2. The third kappa shape index (κ3) is 6.54. The summed E-state index contributed by atoms with van der Waals surface area (Å²) in [7, 11) is 0. The molecule has 0 heterocycles. The van der Waals surface area contributed by atoms with Gasteiger partial charge in [0.25, 0.3) is 0 Å². The number of benzene rings is 2. The first-order chi connectivity index (χ1) is 11.4. The smallest absolute Gasteiger partial charge is 0.319 e. The maximum Gasteiger partial charge on any atom is 0.319 e. The summed E-state index contributed by atoms with van der Waals surface area (Å²) in [4.78, 5) is 12.1. The van der Waals surface area contributed by atoms with Crippen molar-refractivity contribution in [2.45, 2.75) is 25.5 Å². The number of thioether (sulfide) groups is 1. The molecule has 0 aliphatic heterocycles. The largest absolute Gasteiger partial charge is 0.455 e. The lowest BCUT2D eigenvalue weighted by molar-refractivity contribution is 0.252. The Bertz CT molecular complexity index is 654. The Morgan fingerprint density at radius 3 is 2.42 bits per heavy atom. The first-order valence-electron chi connectivity index (χ1n) is 7.95. The van der Waals surface area contributed by atoms with E-state index in [1.54, 1.807) is 0 Å². The van der Waals surface area contributed by atoms with Gasteiger partial charge < -0.3 is 15.4 Å². The average Bonchev–Trinajstić information content (AvgIpc) is 2.54. The molecule has 0 aliphatic carbocycles. The summed E-state index contributed by atoms with van der Waals surface area (Å²) in [6, 6.07) is 16.7. The van der Waals surface area contributed by atoms with Crippen molar-refractivity contribution in [2.24, 2.45) is 0 Å². The minimum atomic E-state index is -0.228. The number of hydrogen-bond donors (Lipinski definition) is 2. The van der Waals surface area contributed by atoms with Crippen LogP contribution in [0.5, 0.6) is 11.5 Å². The predicted molar refractivity (Wildman–Crippen MR) is 102 cm³/mol. The van der Waals surface area contributed by atoms with Crippen LogP contribution in [0.15, 0.2) is 54.6 Å². The van der Waals surface area contributed by atoms with Crippen LogP contribution in [0.3, 0.4) is 0 Å². The molecule has 0 unspecified atom stereocenters. The van der Waals surface area contributed by atoms with Gasteiger partial charge in [0, 0.05) is 17.0 Å². The first-order valence-corrected chi connectivity index (χ1v) is 8.93. The summed E-state index contributed by atoms with van der Waals surface area (Å²) in [6.45, 7) is 7.11. The van der Waals surface area contributed by atoms with E-state index in [2.05, 4.69) is 31.4 Å². The Kier molecular flexibility index (Phi) is 6.55. The van der Waals surface area contributed by atoms with Gasteiger partial charge in [-0.2, -0.15) is 11.8 Å². The second-order valence-corrected chi connectivity index (χ2v) is 8.17. The number of urea groups is 1. The summed E-state index contributed by atoms with van der Waals surface area (Å²) < 4.78 is 6.04. The van der Waals surface area contributed by atoms with Crippen molar-refractivity contribution in [1.82, 2.24) is 5.32 Å². The summed E-state index contributed by atoms with van der Waals surface area (Å²) in [5, 5.41) is 5.71. The van der Waals surface area contributed by atoms with E-state index in [1.807, 2.05) is 66.4 Å². The number of para-hydroxylation sites is 3. The number of amides is 2. The van der Waals surface area contributed by atoms with Gasteiger partial charge >= 0.3 is 6.03 Å². The number of rotatable bonds is 6. The molecular weight excluding hydrogens is 320 g/mol. The third-order valence-corrected chi connectivity index (χ3v) is 4.30. The van der Waals surface area contributed by atoms with Crippen molar-refractivity contribution in [3.63, 3.8) is 0 Å². The monoisotopic (exact) mass is 344 g/mol. The summed E-state index contributed by atoms with van der Waals surface area (Å²) >= 11 is 1.82. The number of carbonyl (C=O) groups excluding carboxylic acids is 1. The molecule has 0 bridgehead atoms. The molecule has 2 N–H and O–H groups in total. The molecule has 0 atom stereocenters. The molecule has 2 amide bonds. The van der Waals surface area contributed by atoms with E-state index in [4.69, 9.17) is 4.74 Å². The van der Waals surface area contributed by atoms with Crippen LogP contribution in [0.1, 0.15) is 20.8 Å². The fraction of sp³-hybridized carbons (Fsp3) is 0.316. The topological polar surface area (TPSA) is 50.4 Å². The van der Waals surface area contributed by atoms with Gasteiger partial charge in [0.15, 0.2) is 5.75 Å². The van der Waals surface area contributed by atoms with Crippen LogP contribution < -0.4 is 15.4 Å². The normalized spacial score (nSPS) is 11.0. The second-order valence-electron chi connectivity index (χ2n) is 6.25. The van der Waals surface area contributed by atoms with Gasteiger partial charge in [-0.05, 0) is 24.3 Å². The van der Waals surface area contributed by atoms with Crippen molar-refractivity contribution in [3.05, 3.63) is 54.6 Å². The van der Waals surface area contributed by atoms with Crippen LogP contribution in [0.4, 0.5) is 10.5 Å². The predicted octanol–water partition coefficient (Wildman–Crippen LogP) is 5.13. The van der Waals surface area contributed by atoms with Gasteiger partial charge in [-0.25, -0.2) is 4.79 Å². The number of nitrogens with one attached hydrogen (secondary N) is 2. The Morgan fingerprint density at radius 1 is 1.04 bits per heavy atom. The molecule has 128 valence electrons. The van der Waals surface area contributed by atoms with Crippen molar-refractivity contribution in [2.75, 3.05) is 17.6 Å². The Labute approximate surface area is 148 Å². The first kappa shape index (κ1) is 18.2. The van der Waals surface area contributed by atoms with E-state index < -0.39 is 0 Å². The molecule has 0 spiro atoms. The quantitative estimate of drug-likeness (QED) is 0.714. The molecule has 24 heavy (non-hydrogen) atoms. The second kappa shape index (κ2) is 8.64. The fourth-order valence-corrected chi connectivity index (χ4v) is 2.78. The molecule has 2 aromatic rings. The molecule has 0 saturated carbocycles. The number of carbonyl (C=O) groups is 1. The fourth-order valence-electron chi connectivity index (χ4n) is 1.96. The van der Waals surface area contributed by atoms with E-state index in [9.17, 15) is 4.79 Å². The van der Waals surface area contributed by atoms with Crippen LogP contribution in [0.25, 0.3) is 0 Å². The van der Waals surface area contributed by atoms with E-state index in [0.717, 1.165) is 11.5 Å². The van der Waals surface area contributed by atoms with Gasteiger partial charge in [0.05, 0.1) is 5.69 Å². The lowest BCUT2D eigenvalue weighted by Gasteiger charge is -2.17. The SMILES string of the molecule is CC(C)(C)SCCNC(=O)Nc1ccccc1Oc1ccccc1. The summed E-state index contributed by atoms with van der Waals surface area (Å²) in [5.74, 6) is 2.22. The summed E-state index contributed by atoms with van der Waals surface area (Å²) in [5.41, 5.74) is 0.641. The van der Waals surface area contributed by atoms with Crippen LogP contribution in [0, 0.1) is 0 Å². The highest BCUT2D eigenvalue weighted by Crippen LogP contribution is 2.29. The molecular formula is C19H24N2O2S. The van der Waals surface area contributed by atoms with Crippen LogP contribution >= 0.6 is 11.8 Å². The molecule has 0 saturated heterocycles. The molecule has 0 fully saturated rings. The molecule has 5 heteroatoms. The van der Waals surface area contributed by atoms with Gasteiger partial charge in [-0.3, -0.25) is 0 Å². The van der Waals surface area contributed by atoms with Crippen molar-refractivity contribution in [3.8, 4) is 11.5 Å². The molecule has 2 rings (SSSR count). The minimum absolute atomic E-state index is 0.203. The average molecular weight is 344 g/mol. The van der Waals surface area contributed by atoms with E-state index >= 15 is 0 Å². The van der Waals surface area contributed by atoms with Crippen molar-refractivity contribution >= 4 is 23.5 Å². The number of ether oxygens (including phenoxy) is 1. The highest BCUT2D eigenvalue weighted by Gasteiger charge is 2.11. The standard InChI is InChI=1S/C19H24N2O2S/c1-19(2,3)24-14-13-20-18(22)21-16-11-7-8-12-17(16)23-15-9-5-4-6-10-15/h4-12H,13-14H2,1-3H3,(H2,20,21,22). The Morgan fingerprint density at radius 2 is 1.71 bits per heavy atom. The van der Waals surface area contributed by atoms with Gasteiger partial charge in [-0.15, -0.1) is 0 Å². The third-order valence-electron chi connectivity index (χ3n) is 3.03. The molecule has 2 aromatic carbocycles. The Balaban J connectivity index is 1.89. The van der Waals surface area contributed by atoms with E-state index in [1.165, 1.54) is 0 Å². The van der Waals surface area contributed by atoms with Crippen LogP contribution in [-0.2, 0) is 0 Å². The molecule has 4 nitrogen and oxygen atoms in total. The maximum atomic E-state index is 12.1. The lowest BCUT2D eigenvalue weighted by Crippen LogP contribution is -2.31. The van der Waals surface area contributed by atoms with Crippen molar-refractivity contribution in [1.29, 1.82) is 0 Å². The number of anilines is 1. The van der Waals surface area contributed by atoms with Gasteiger partial charge in [0.2, 0.25) is 0 Å². The van der Waals surface area contributed by atoms with E-state index in [-0.39, 0.29) is 10.8 Å². The van der Waals surface area contributed by atoms with Crippen LogP contribution in [-0.4, -0.2) is 23.1 Å². The molecule has 0 radical (unpaired) electrons. The zero-order valence-electron chi connectivity index (χ0n) is 14.3. The maximum absolute atomic E-state index is 12.1. The molecule has 0 aliphatic rings.